The third kappa shape index (κ3) is 2.71. The van der Waals surface area contributed by atoms with Crippen LogP contribution in [0.4, 0.5) is 0 Å². The lowest BCUT2D eigenvalue weighted by Crippen LogP contribution is -2.44. The average Bonchev–Trinajstić information content (AvgIpc) is 3.14. The summed E-state index contributed by atoms with van der Waals surface area (Å²) >= 11 is 0. The molecule has 3 heteroatoms. The molecule has 1 amide bonds. The summed E-state index contributed by atoms with van der Waals surface area (Å²) in [6.45, 7) is 3.14. The number of amides is 1. The quantitative estimate of drug-likeness (QED) is 0.802. The highest BCUT2D eigenvalue weighted by Crippen LogP contribution is 2.36. The van der Waals surface area contributed by atoms with E-state index in [1.165, 1.54) is 38.5 Å². The minimum atomic E-state index is 0.0875. The van der Waals surface area contributed by atoms with E-state index in [1.54, 1.807) is 0 Å². The SMILES string of the molecule is CC(CNC(=O)C1CC2CCCCC2N1)C1CC1. The molecule has 0 radical (unpaired) electrons. The van der Waals surface area contributed by atoms with Crippen LogP contribution in [-0.2, 0) is 4.79 Å². The molecular formula is C15H26N2O. The molecule has 18 heavy (non-hydrogen) atoms. The molecule has 3 fully saturated rings. The Bertz CT molecular complexity index is 300. The second kappa shape index (κ2) is 5.20. The first-order valence-corrected chi connectivity index (χ1v) is 7.78. The van der Waals surface area contributed by atoms with Crippen LogP contribution >= 0.6 is 0 Å². The lowest BCUT2D eigenvalue weighted by molar-refractivity contribution is -0.123. The van der Waals surface area contributed by atoms with Crippen molar-refractivity contribution in [2.24, 2.45) is 17.8 Å². The van der Waals surface area contributed by atoms with E-state index in [0.29, 0.717) is 12.0 Å². The Kier molecular flexibility index (Phi) is 3.60. The zero-order valence-corrected chi connectivity index (χ0v) is 11.5. The summed E-state index contributed by atoms with van der Waals surface area (Å²) in [6.07, 6.45) is 9.07. The highest BCUT2D eigenvalue weighted by molar-refractivity contribution is 5.82. The molecule has 0 spiro atoms. The Balaban J connectivity index is 1.44. The fourth-order valence-electron chi connectivity index (χ4n) is 3.74. The van der Waals surface area contributed by atoms with E-state index in [-0.39, 0.29) is 11.9 Å². The van der Waals surface area contributed by atoms with Gasteiger partial charge < -0.3 is 10.6 Å². The molecule has 2 aliphatic carbocycles. The van der Waals surface area contributed by atoms with Gasteiger partial charge in [-0.3, -0.25) is 4.79 Å². The second-order valence-corrected chi connectivity index (χ2v) is 6.67. The normalized spacial score (nSPS) is 37.1. The Morgan fingerprint density at radius 2 is 2.06 bits per heavy atom. The molecule has 2 saturated carbocycles. The van der Waals surface area contributed by atoms with Gasteiger partial charge in [-0.15, -0.1) is 0 Å². The van der Waals surface area contributed by atoms with E-state index in [1.807, 2.05) is 0 Å². The highest BCUT2D eigenvalue weighted by atomic mass is 16.2. The van der Waals surface area contributed by atoms with Gasteiger partial charge in [0.05, 0.1) is 6.04 Å². The minimum Gasteiger partial charge on any atom is -0.354 e. The van der Waals surface area contributed by atoms with Crippen molar-refractivity contribution in [2.75, 3.05) is 6.54 Å². The van der Waals surface area contributed by atoms with E-state index < -0.39 is 0 Å². The first-order chi connectivity index (χ1) is 8.74. The van der Waals surface area contributed by atoms with Gasteiger partial charge in [0.25, 0.3) is 0 Å². The van der Waals surface area contributed by atoms with Gasteiger partial charge in [-0.05, 0) is 49.9 Å². The number of carbonyl (C=O) groups is 1. The topological polar surface area (TPSA) is 41.1 Å². The zero-order valence-electron chi connectivity index (χ0n) is 11.5. The standard InChI is InChI=1S/C15H26N2O/c1-10(11-6-7-11)9-16-15(18)14-8-12-4-2-3-5-13(12)17-14/h10-14,17H,2-9H2,1H3,(H,16,18). The van der Waals surface area contributed by atoms with Crippen LogP contribution in [0.3, 0.4) is 0 Å². The lowest BCUT2D eigenvalue weighted by Gasteiger charge is -2.24. The van der Waals surface area contributed by atoms with Gasteiger partial charge in [0, 0.05) is 12.6 Å². The largest absolute Gasteiger partial charge is 0.354 e. The third-order valence-electron chi connectivity index (χ3n) is 5.20. The third-order valence-corrected chi connectivity index (χ3v) is 5.20. The molecule has 1 heterocycles. The van der Waals surface area contributed by atoms with Crippen molar-refractivity contribution in [3.63, 3.8) is 0 Å². The maximum Gasteiger partial charge on any atom is 0.237 e. The van der Waals surface area contributed by atoms with Crippen molar-refractivity contribution in [3.8, 4) is 0 Å². The van der Waals surface area contributed by atoms with Crippen LogP contribution < -0.4 is 10.6 Å². The lowest BCUT2D eigenvalue weighted by atomic mass is 9.85. The molecule has 4 atom stereocenters. The van der Waals surface area contributed by atoms with Crippen molar-refractivity contribution in [2.45, 2.75) is 64.0 Å². The second-order valence-electron chi connectivity index (χ2n) is 6.67. The molecule has 0 aromatic rings. The Labute approximate surface area is 110 Å². The smallest absolute Gasteiger partial charge is 0.237 e. The van der Waals surface area contributed by atoms with Gasteiger partial charge in [-0.2, -0.15) is 0 Å². The predicted octanol–water partition coefficient (Wildman–Crippen LogP) is 2.07. The van der Waals surface area contributed by atoms with Gasteiger partial charge in [-0.1, -0.05) is 19.8 Å². The van der Waals surface area contributed by atoms with Crippen molar-refractivity contribution in [1.82, 2.24) is 10.6 Å². The summed E-state index contributed by atoms with van der Waals surface area (Å²) < 4.78 is 0. The summed E-state index contributed by atoms with van der Waals surface area (Å²) in [5.74, 6) is 2.55. The van der Waals surface area contributed by atoms with Crippen molar-refractivity contribution >= 4 is 5.91 Å². The Morgan fingerprint density at radius 3 is 2.78 bits per heavy atom. The minimum absolute atomic E-state index is 0.0875. The molecule has 0 aromatic carbocycles. The monoisotopic (exact) mass is 250 g/mol. The number of nitrogens with one attached hydrogen (secondary N) is 2. The zero-order chi connectivity index (χ0) is 12.5. The average molecular weight is 250 g/mol. The van der Waals surface area contributed by atoms with Gasteiger partial charge in [-0.25, -0.2) is 0 Å². The predicted molar refractivity (Wildman–Crippen MR) is 72.2 cm³/mol. The fraction of sp³-hybridized carbons (Fsp3) is 0.933. The first-order valence-electron chi connectivity index (χ1n) is 7.78. The molecule has 1 saturated heterocycles. The van der Waals surface area contributed by atoms with Crippen LogP contribution in [0, 0.1) is 17.8 Å². The molecule has 2 N–H and O–H groups in total. The van der Waals surface area contributed by atoms with Crippen LogP contribution in [0.1, 0.15) is 51.9 Å². The van der Waals surface area contributed by atoms with Gasteiger partial charge in [0.15, 0.2) is 0 Å². The van der Waals surface area contributed by atoms with Crippen LogP contribution in [0.15, 0.2) is 0 Å². The maximum absolute atomic E-state index is 12.2. The van der Waals surface area contributed by atoms with Crippen molar-refractivity contribution < 1.29 is 4.79 Å². The van der Waals surface area contributed by atoms with Gasteiger partial charge in [0.1, 0.15) is 0 Å². The van der Waals surface area contributed by atoms with E-state index in [0.717, 1.165) is 24.8 Å². The van der Waals surface area contributed by atoms with Crippen LogP contribution in [0.2, 0.25) is 0 Å². The molecular weight excluding hydrogens is 224 g/mol. The Hall–Kier alpha value is -0.570. The van der Waals surface area contributed by atoms with Crippen molar-refractivity contribution in [3.05, 3.63) is 0 Å². The van der Waals surface area contributed by atoms with E-state index >= 15 is 0 Å². The van der Waals surface area contributed by atoms with E-state index in [2.05, 4.69) is 17.6 Å². The molecule has 1 aliphatic heterocycles. The van der Waals surface area contributed by atoms with Crippen LogP contribution in [0.5, 0.6) is 0 Å². The number of hydrogen-bond acceptors (Lipinski definition) is 2. The number of rotatable bonds is 4. The summed E-state index contributed by atoms with van der Waals surface area (Å²) in [4.78, 5) is 12.2. The maximum atomic E-state index is 12.2. The highest BCUT2D eigenvalue weighted by Gasteiger charge is 2.38. The first kappa shape index (κ1) is 12.5. The van der Waals surface area contributed by atoms with Gasteiger partial charge >= 0.3 is 0 Å². The molecule has 0 bridgehead atoms. The number of carbonyl (C=O) groups excluding carboxylic acids is 1. The number of hydrogen-bond donors (Lipinski definition) is 2. The fourth-order valence-corrected chi connectivity index (χ4v) is 3.74. The van der Waals surface area contributed by atoms with Crippen LogP contribution in [0.25, 0.3) is 0 Å². The molecule has 0 aromatic heterocycles. The molecule has 3 rings (SSSR count). The molecule has 3 nitrogen and oxygen atoms in total. The van der Waals surface area contributed by atoms with E-state index in [4.69, 9.17) is 0 Å². The Morgan fingerprint density at radius 1 is 1.28 bits per heavy atom. The molecule has 102 valence electrons. The number of fused-ring (bicyclic) bond motifs is 1. The summed E-state index contributed by atoms with van der Waals surface area (Å²) in [5, 5.41) is 6.70. The van der Waals surface area contributed by atoms with Crippen LogP contribution in [-0.4, -0.2) is 24.5 Å². The van der Waals surface area contributed by atoms with Gasteiger partial charge in [0.2, 0.25) is 5.91 Å². The summed E-state index contributed by atoms with van der Waals surface area (Å²) in [7, 11) is 0. The summed E-state index contributed by atoms with van der Waals surface area (Å²) in [6, 6.07) is 0.708. The summed E-state index contributed by atoms with van der Waals surface area (Å²) in [5.41, 5.74) is 0. The molecule has 3 aliphatic rings. The van der Waals surface area contributed by atoms with Crippen molar-refractivity contribution in [1.29, 1.82) is 0 Å². The molecule has 4 unspecified atom stereocenters. The van der Waals surface area contributed by atoms with E-state index in [9.17, 15) is 4.79 Å².